The largest absolute Gasteiger partial charge is 0.367 e. The molecule has 0 spiro atoms. The van der Waals surface area contributed by atoms with Gasteiger partial charge in [0.15, 0.2) is 0 Å². The van der Waals surface area contributed by atoms with Gasteiger partial charge in [-0.05, 0) is 23.1 Å². The van der Waals surface area contributed by atoms with Crippen LogP contribution in [0.1, 0.15) is 32.4 Å². The highest BCUT2D eigenvalue weighted by molar-refractivity contribution is 9.09. The number of hydrogen-bond donors (Lipinski definition) is 0. The third kappa shape index (κ3) is 2.29. The van der Waals surface area contributed by atoms with Crippen molar-refractivity contribution in [3.05, 3.63) is 34.9 Å². The lowest BCUT2D eigenvalue weighted by Gasteiger charge is -2.48. The summed E-state index contributed by atoms with van der Waals surface area (Å²) >= 11 is 9.59. The van der Waals surface area contributed by atoms with E-state index in [0.717, 1.165) is 5.02 Å². The summed E-state index contributed by atoms with van der Waals surface area (Å²) in [6, 6.07) is 7.87. The Morgan fingerprint density at radius 1 is 1.19 bits per heavy atom. The Morgan fingerprint density at radius 2 is 1.75 bits per heavy atom. The van der Waals surface area contributed by atoms with Crippen LogP contribution in [0.3, 0.4) is 0 Å². The van der Waals surface area contributed by atoms with E-state index in [1.807, 2.05) is 24.3 Å². The molecular weight excluding hydrogens is 287 g/mol. The summed E-state index contributed by atoms with van der Waals surface area (Å²) in [6.45, 7) is 6.60. The lowest BCUT2D eigenvalue weighted by atomic mass is 9.80. The first kappa shape index (κ1) is 12.4. The summed E-state index contributed by atoms with van der Waals surface area (Å²) in [5.74, 6) is 0. The van der Waals surface area contributed by atoms with E-state index in [4.69, 9.17) is 16.3 Å². The van der Waals surface area contributed by atoms with Crippen LogP contribution in [0.15, 0.2) is 24.3 Å². The molecule has 1 saturated heterocycles. The standard InChI is InChI=1S/C13H16BrClO/c1-13(2,3)12-10(14)11(16-12)8-4-6-9(15)7-5-8/h4-7,10-12H,1-3H3. The number of halogens is 2. The van der Waals surface area contributed by atoms with E-state index < -0.39 is 0 Å². The molecule has 16 heavy (non-hydrogen) atoms. The lowest BCUT2D eigenvalue weighted by molar-refractivity contribution is -0.162. The molecule has 0 bridgehead atoms. The van der Waals surface area contributed by atoms with Crippen molar-refractivity contribution in [2.75, 3.05) is 0 Å². The van der Waals surface area contributed by atoms with Crippen LogP contribution in [0.2, 0.25) is 5.02 Å². The van der Waals surface area contributed by atoms with Crippen molar-refractivity contribution in [2.24, 2.45) is 5.41 Å². The summed E-state index contributed by atoms with van der Waals surface area (Å²) in [6.07, 6.45) is 0.426. The Balaban J connectivity index is 2.08. The first-order chi connectivity index (χ1) is 7.39. The quantitative estimate of drug-likeness (QED) is 0.690. The molecule has 0 N–H and O–H groups in total. The Labute approximate surface area is 110 Å². The van der Waals surface area contributed by atoms with Gasteiger partial charge in [0.25, 0.3) is 0 Å². The van der Waals surface area contributed by atoms with Crippen molar-refractivity contribution in [2.45, 2.75) is 37.8 Å². The molecular formula is C13H16BrClO. The van der Waals surface area contributed by atoms with Crippen LogP contribution in [0, 0.1) is 5.41 Å². The average Bonchev–Trinajstić information content (AvgIpc) is 2.17. The molecule has 3 heteroatoms. The normalized spacial score (nSPS) is 29.9. The van der Waals surface area contributed by atoms with Gasteiger partial charge in [-0.2, -0.15) is 0 Å². The van der Waals surface area contributed by atoms with E-state index in [0.29, 0.717) is 4.83 Å². The minimum atomic E-state index is 0.154. The second-order valence-corrected chi connectivity index (χ2v) is 6.83. The molecule has 3 atom stereocenters. The minimum Gasteiger partial charge on any atom is -0.367 e. The minimum absolute atomic E-state index is 0.154. The molecule has 1 aromatic rings. The van der Waals surface area contributed by atoms with Crippen LogP contribution >= 0.6 is 27.5 Å². The maximum atomic E-state index is 5.95. The van der Waals surface area contributed by atoms with Gasteiger partial charge in [-0.25, -0.2) is 0 Å². The zero-order chi connectivity index (χ0) is 11.9. The molecule has 1 aliphatic rings. The highest BCUT2D eigenvalue weighted by Crippen LogP contribution is 2.47. The van der Waals surface area contributed by atoms with Crippen LogP contribution in [-0.4, -0.2) is 10.9 Å². The van der Waals surface area contributed by atoms with Crippen molar-refractivity contribution >= 4 is 27.5 Å². The molecule has 0 amide bonds. The number of alkyl halides is 1. The molecule has 1 fully saturated rings. The molecule has 0 aliphatic carbocycles. The number of benzene rings is 1. The molecule has 0 radical (unpaired) electrons. The van der Waals surface area contributed by atoms with Gasteiger partial charge in [0.05, 0.1) is 17.0 Å². The predicted octanol–water partition coefficient (Wildman–Crippen LogP) is 4.59. The summed E-state index contributed by atoms with van der Waals surface area (Å²) in [7, 11) is 0. The lowest BCUT2D eigenvalue weighted by Crippen LogP contribution is -2.51. The van der Waals surface area contributed by atoms with Crippen molar-refractivity contribution < 1.29 is 4.74 Å². The molecule has 0 saturated carbocycles. The Morgan fingerprint density at radius 3 is 2.19 bits per heavy atom. The molecule has 1 aliphatic heterocycles. The SMILES string of the molecule is CC(C)(C)C1OC(c2ccc(Cl)cc2)C1Br. The Hall–Kier alpha value is -0.0500. The van der Waals surface area contributed by atoms with Crippen LogP contribution < -0.4 is 0 Å². The molecule has 1 nitrogen and oxygen atoms in total. The molecule has 88 valence electrons. The van der Waals surface area contributed by atoms with Gasteiger partial charge in [-0.15, -0.1) is 0 Å². The fourth-order valence-corrected chi connectivity index (χ4v) is 3.45. The smallest absolute Gasteiger partial charge is 0.0979 e. The van der Waals surface area contributed by atoms with Crippen LogP contribution in [-0.2, 0) is 4.74 Å². The first-order valence-electron chi connectivity index (χ1n) is 5.44. The van der Waals surface area contributed by atoms with Crippen LogP contribution in [0.5, 0.6) is 0 Å². The van der Waals surface area contributed by atoms with E-state index in [1.165, 1.54) is 5.56 Å². The number of hydrogen-bond acceptors (Lipinski definition) is 1. The van der Waals surface area contributed by atoms with E-state index in [2.05, 4.69) is 36.7 Å². The molecule has 3 unspecified atom stereocenters. The predicted molar refractivity (Wildman–Crippen MR) is 71.2 cm³/mol. The van der Waals surface area contributed by atoms with Crippen molar-refractivity contribution in [3.63, 3.8) is 0 Å². The Kier molecular flexibility index (Phi) is 3.35. The monoisotopic (exact) mass is 302 g/mol. The zero-order valence-corrected chi connectivity index (χ0v) is 12.0. The van der Waals surface area contributed by atoms with Crippen molar-refractivity contribution in [1.29, 1.82) is 0 Å². The fraction of sp³-hybridized carbons (Fsp3) is 0.538. The fourth-order valence-electron chi connectivity index (χ4n) is 1.97. The summed E-state index contributed by atoms with van der Waals surface area (Å²) in [4.78, 5) is 0.383. The topological polar surface area (TPSA) is 9.23 Å². The zero-order valence-electron chi connectivity index (χ0n) is 9.71. The van der Waals surface area contributed by atoms with E-state index >= 15 is 0 Å². The molecule has 1 heterocycles. The summed E-state index contributed by atoms with van der Waals surface area (Å²) in [5.41, 5.74) is 1.36. The second kappa shape index (κ2) is 4.32. The van der Waals surface area contributed by atoms with E-state index in [9.17, 15) is 0 Å². The van der Waals surface area contributed by atoms with Gasteiger partial charge in [0.1, 0.15) is 0 Å². The van der Waals surface area contributed by atoms with Crippen LogP contribution in [0.4, 0.5) is 0 Å². The summed E-state index contributed by atoms with van der Waals surface area (Å²) < 4.78 is 5.95. The summed E-state index contributed by atoms with van der Waals surface area (Å²) in [5, 5.41) is 0.765. The third-order valence-corrected chi connectivity index (χ3v) is 4.14. The van der Waals surface area contributed by atoms with E-state index in [1.54, 1.807) is 0 Å². The second-order valence-electron chi connectivity index (χ2n) is 5.34. The molecule has 1 aromatic carbocycles. The van der Waals surface area contributed by atoms with Gasteiger partial charge in [0.2, 0.25) is 0 Å². The van der Waals surface area contributed by atoms with Gasteiger partial charge in [-0.3, -0.25) is 0 Å². The van der Waals surface area contributed by atoms with Crippen LogP contribution in [0.25, 0.3) is 0 Å². The molecule has 0 aromatic heterocycles. The third-order valence-electron chi connectivity index (χ3n) is 2.92. The first-order valence-corrected chi connectivity index (χ1v) is 6.74. The van der Waals surface area contributed by atoms with E-state index in [-0.39, 0.29) is 17.6 Å². The van der Waals surface area contributed by atoms with Gasteiger partial charge >= 0.3 is 0 Å². The van der Waals surface area contributed by atoms with Gasteiger partial charge in [-0.1, -0.05) is 60.4 Å². The van der Waals surface area contributed by atoms with Crippen molar-refractivity contribution in [3.8, 4) is 0 Å². The van der Waals surface area contributed by atoms with Crippen molar-refractivity contribution in [1.82, 2.24) is 0 Å². The number of ether oxygens (including phenoxy) is 1. The van der Waals surface area contributed by atoms with Gasteiger partial charge < -0.3 is 4.74 Å². The maximum absolute atomic E-state index is 5.95. The molecule has 2 rings (SSSR count). The average molecular weight is 304 g/mol. The number of rotatable bonds is 1. The van der Waals surface area contributed by atoms with Gasteiger partial charge in [0, 0.05) is 5.02 Å². The Bertz CT molecular complexity index is 369. The highest BCUT2D eigenvalue weighted by atomic mass is 79.9. The maximum Gasteiger partial charge on any atom is 0.0979 e. The highest BCUT2D eigenvalue weighted by Gasteiger charge is 2.47.